The third kappa shape index (κ3) is 4.60. The number of nitrogens with zero attached hydrogens (tertiary/aromatic N) is 2. The van der Waals surface area contributed by atoms with E-state index in [1.54, 1.807) is 42.5 Å². The standard InChI is InChI=1S/C21H14ClN3O3S2/c22-16-5-7-17(8-6-16)25-30(26,27)18-9-10-20-19(11-18)24-21(28-20)29-13-15-3-1-14(12-23)2-4-15/h1-11,25H,13H2. The minimum Gasteiger partial charge on any atom is -0.431 e. The number of nitriles is 1. The van der Waals surface area contributed by atoms with E-state index in [4.69, 9.17) is 21.3 Å². The van der Waals surface area contributed by atoms with Crippen LogP contribution < -0.4 is 4.72 Å². The Balaban J connectivity index is 1.51. The van der Waals surface area contributed by atoms with Crippen LogP contribution in [0.3, 0.4) is 0 Å². The first-order valence-corrected chi connectivity index (χ1v) is 11.6. The lowest BCUT2D eigenvalue weighted by Gasteiger charge is -2.07. The SMILES string of the molecule is N#Cc1ccc(CSc2nc3cc(S(=O)(=O)Nc4ccc(Cl)cc4)ccc3o2)cc1. The average Bonchev–Trinajstić information content (AvgIpc) is 3.16. The molecule has 4 rings (SSSR count). The molecular weight excluding hydrogens is 442 g/mol. The first-order valence-electron chi connectivity index (χ1n) is 8.74. The van der Waals surface area contributed by atoms with Gasteiger partial charge in [0.15, 0.2) is 5.58 Å². The van der Waals surface area contributed by atoms with E-state index < -0.39 is 10.0 Å². The van der Waals surface area contributed by atoms with Crippen LogP contribution in [0.2, 0.25) is 5.02 Å². The number of fused-ring (bicyclic) bond motifs is 1. The van der Waals surface area contributed by atoms with Crippen molar-refractivity contribution in [3.8, 4) is 6.07 Å². The van der Waals surface area contributed by atoms with E-state index in [2.05, 4.69) is 15.8 Å². The van der Waals surface area contributed by atoms with Gasteiger partial charge in [-0.15, -0.1) is 0 Å². The molecule has 0 fully saturated rings. The van der Waals surface area contributed by atoms with Gasteiger partial charge < -0.3 is 4.42 Å². The second kappa shape index (κ2) is 8.40. The third-order valence-corrected chi connectivity index (χ3v) is 6.72. The lowest BCUT2D eigenvalue weighted by molar-refractivity contribution is 0.489. The molecule has 1 N–H and O–H groups in total. The highest BCUT2D eigenvalue weighted by Crippen LogP contribution is 2.28. The molecule has 0 atom stereocenters. The number of halogens is 1. The molecule has 0 saturated carbocycles. The van der Waals surface area contributed by atoms with Gasteiger partial charge in [0.1, 0.15) is 5.52 Å². The van der Waals surface area contributed by atoms with Crippen LogP contribution in [-0.4, -0.2) is 13.4 Å². The van der Waals surface area contributed by atoms with Crippen molar-refractivity contribution in [2.45, 2.75) is 15.9 Å². The van der Waals surface area contributed by atoms with Gasteiger partial charge >= 0.3 is 0 Å². The van der Waals surface area contributed by atoms with E-state index in [-0.39, 0.29) is 4.90 Å². The Bertz CT molecular complexity index is 1340. The van der Waals surface area contributed by atoms with E-state index in [1.807, 2.05) is 12.1 Å². The summed E-state index contributed by atoms with van der Waals surface area (Å²) in [6.45, 7) is 0. The van der Waals surface area contributed by atoms with Crippen molar-refractivity contribution >= 4 is 50.2 Å². The summed E-state index contributed by atoms with van der Waals surface area (Å²) in [5.74, 6) is 0.613. The molecular formula is C21H14ClN3O3S2. The van der Waals surface area contributed by atoms with Crippen LogP contribution in [0.5, 0.6) is 0 Å². The molecule has 0 radical (unpaired) electrons. The quantitative estimate of drug-likeness (QED) is 0.388. The van der Waals surface area contributed by atoms with Gasteiger partial charge in [-0.05, 0) is 60.2 Å². The Kier molecular flexibility index (Phi) is 5.68. The average molecular weight is 456 g/mol. The van der Waals surface area contributed by atoms with Crippen LogP contribution in [0, 0.1) is 11.3 Å². The molecule has 3 aromatic carbocycles. The molecule has 0 aliphatic heterocycles. The topological polar surface area (TPSA) is 96.0 Å². The molecule has 9 heteroatoms. The maximum Gasteiger partial charge on any atom is 0.261 e. The van der Waals surface area contributed by atoms with Crippen LogP contribution in [0.25, 0.3) is 11.1 Å². The monoisotopic (exact) mass is 455 g/mol. The summed E-state index contributed by atoms with van der Waals surface area (Å²) in [7, 11) is -3.78. The molecule has 1 aromatic heterocycles. The molecule has 1 heterocycles. The molecule has 0 spiro atoms. The van der Waals surface area contributed by atoms with Crippen LogP contribution in [0.4, 0.5) is 5.69 Å². The van der Waals surface area contributed by atoms with E-state index in [0.717, 1.165) is 5.56 Å². The molecule has 0 aliphatic rings. The molecule has 0 saturated heterocycles. The second-order valence-electron chi connectivity index (χ2n) is 6.32. The van der Waals surface area contributed by atoms with Gasteiger partial charge in [0.25, 0.3) is 15.2 Å². The van der Waals surface area contributed by atoms with Crippen molar-refractivity contribution in [1.29, 1.82) is 5.26 Å². The van der Waals surface area contributed by atoms with Crippen molar-refractivity contribution in [3.05, 3.63) is 82.9 Å². The Labute approximate surface area is 182 Å². The number of thioether (sulfide) groups is 1. The number of rotatable bonds is 6. The van der Waals surface area contributed by atoms with Crippen molar-refractivity contribution in [3.63, 3.8) is 0 Å². The van der Waals surface area contributed by atoms with Gasteiger partial charge in [-0.2, -0.15) is 5.26 Å². The van der Waals surface area contributed by atoms with E-state index in [9.17, 15) is 8.42 Å². The normalized spacial score (nSPS) is 11.3. The van der Waals surface area contributed by atoms with Crippen LogP contribution in [0.15, 0.2) is 81.3 Å². The van der Waals surface area contributed by atoms with Gasteiger partial charge in [-0.3, -0.25) is 4.72 Å². The van der Waals surface area contributed by atoms with Crippen molar-refractivity contribution in [1.82, 2.24) is 4.98 Å². The fourth-order valence-electron chi connectivity index (χ4n) is 2.67. The summed E-state index contributed by atoms with van der Waals surface area (Å²) in [5.41, 5.74) is 3.00. The Hall–Kier alpha value is -2.99. The van der Waals surface area contributed by atoms with E-state index >= 15 is 0 Å². The lowest BCUT2D eigenvalue weighted by Crippen LogP contribution is -2.12. The van der Waals surface area contributed by atoms with Gasteiger partial charge in [0.05, 0.1) is 16.5 Å². The minimum absolute atomic E-state index is 0.0851. The molecule has 0 unspecified atom stereocenters. The summed E-state index contributed by atoms with van der Waals surface area (Å²) in [6.07, 6.45) is 0. The van der Waals surface area contributed by atoms with Gasteiger partial charge in [0.2, 0.25) is 0 Å². The Morgan fingerprint density at radius 3 is 2.50 bits per heavy atom. The largest absolute Gasteiger partial charge is 0.431 e. The minimum atomic E-state index is -3.78. The predicted octanol–water partition coefficient (Wildman–Crippen LogP) is 5.45. The summed E-state index contributed by atoms with van der Waals surface area (Å²) in [4.78, 5) is 4.47. The highest BCUT2D eigenvalue weighted by molar-refractivity contribution is 7.98. The van der Waals surface area contributed by atoms with Crippen LogP contribution in [0.1, 0.15) is 11.1 Å². The van der Waals surface area contributed by atoms with E-state index in [1.165, 1.54) is 23.9 Å². The molecule has 6 nitrogen and oxygen atoms in total. The molecule has 4 aromatic rings. The fourth-order valence-corrected chi connectivity index (χ4v) is 4.67. The number of anilines is 1. The highest BCUT2D eigenvalue weighted by atomic mass is 35.5. The van der Waals surface area contributed by atoms with Gasteiger partial charge in [-0.25, -0.2) is 13.4 Å². The van der Waals surface area contributed by atoms with Crippen molar-refractivity contribution < 1.29 is 12.8 Å². The second-order valence-corrected chi connectivity index (χ2v) is 9.36. The number of nitrogens with one attached hydrogen (secondary N) is 1. The maximum absolute atomic E-state index is 12.7. The fraction of sp³-hybridized carbons (Fsp3) is 0.0476. The molecule has 0 bridgehead atoms. The molecule has 0 amide bonds. The third-order valence-electron chi connectivity index (χ3n) is 4.19. The number of hydrogen-bond acceptors (Lipinski definition) is 6. The zero-order valence-corrected chi connectivity index (χ0v) is 17.8. The molecule has 30 heavy (non-hydrogen) atoms. The summed E-state index contributed by atoms with van der Waals surface area (Å²) in [6, 6.07) is 20.3. The van der Waals surface area contributed by atoms with Gasteiger partial charge in [0, 0.05) is 16.5 Å². The number of oxazole rings is 1. The Morgan fingerprint density at radius 1 is 1.07 bits per heavy atom. The molecule has 0 aliphatic carbocycles. The van der Waals surface area contributed by atoms with E-state index in [0.29, 0.717) is 38.3 Å². The maximum atomic E-state index is 12.7. The summed E-state index contributed by atoms with van der Waals surface area (Å²) < 4.78 is 33.6. The number of hydrogen-bond donors (Lipinski definition) is 1. The van der Waals surface area contributed by atoms with Crippen LogP contribution in [-0.2, 0) is 15.8 Å². The molecule has 150 valence electrons. The lowest BCUT2D eigenvalue weighted by atomic mass is 10.2. The number of aromatic nitrogens is 1. The first-order chi connectivity index (χ1) is 14.4. The zero-order valence-electron chi connectivity index (χ0n) is 15.4. The van der Waals surface area contributed by atoms with Gasteiger partial charge in [-0.1, -0.05) is 35.5 Å². The van der Waals surface area contributed by atoms with Crippen molar-refractivity contribution in [2.24, 2.45) is 0 Å². The Morgan fingerprint density at radius 2 is 1.80 bits per heavy atom. The first kappa shape index (κ1) is 20.3. The summed E-state index contributed by atoms with van der Waals surface area (Å²) in [5, 5.41) is 9.82. The predicted molar refractivity (Wildman–Crippen MR) is 117 cm³/mol. The number of sulfonamides is 1. The smallest absolute Gasteiger partial charge is 0.261 e. The highest BCUT2D eigenvalue weighted by Gasteiger charge is 2.17. The number of benzene rings is 3. The zero-order chi connectivity index (χ0) is 21.1. The van der Waals surface area contributed by atoms with Crippen molar-refractivity contribution in [2.75, 3.05) is 4.72 Å². The summed E-state index contributed by atoms with van der Waals surface area (Å²) >= 11 is 7.23. The van der Waals surface area contributed by atoms with Crippen LogP contribution >= 0.6 is 23.4 Å².